The Balaban J connectivity index is 2.92. The lowest BCUT2D eigenvalue weighted by atomic mass is 9.88. The van der Waals surface area contributed by atoms with Gasteiger partial charge in [-0.1, -0.05) is 12.1 Å². The van der Waals surface area contributed by atoms with Crippen LogP contribution in [0.1, 0.15) is 45.0 Å². The lowest BCUT2D eigenvalue weighted by Gasteiger charge is -2.20. The molecule has 0 saturated carbocycles. The van der Waals surface area contributed by atoms with Crippen LogP contribution in [0.4, 0.5) is 0 Å². The summed E-state index contributed by atoms with van der Waals surface area (Å²) in [5, 5.41) is 3.88. The Labute approximate surface area is 90.0 Å². The molecule has 0 aromatic carbocycles. The second kappa shape index (κ2) is 4.72. The lowest BCUT2D eigenvalue weighted by Crippen LogP contribution is -2.31. The molecular weight excluding hydrogens is 194 g/mol. The van der Waals surface area contributed by atoms with E-state index in [-0.39, 0.29) is 11.5 Å². The number of hydrogen-bond acceptors (Lipinski definition) is 5. The zero-order valence-electron chi connectivity index (χ0n) is 9.78. The van der Waals surface area contributed by atoms with Crippen LogP contribution in [0.15, 0.2) is 4.52 Å². The van der Waals surface area contributed by atoms with E-state index < -0.39 is 0 Å². The van der Waals surface area contributed by atoms with Gasteiger partial charge in [0.25, 0.3) is 0 Å². The largest absolute Gasteiger partial charge is 0.374 e. The van der Waals surface area contributed by atoms with Crippen molar-refractivity contribution < 1.29 is 9.26 Å². The normalized spacial score (nSPS) is 17.4. The molecule has 0 saturated heterocycles. The van der Waals surface area contributed by atoms with Crippen molar-refractivity contribution >= 4 is 0 Å². The van der Waals surface area contributed by atoms with Crippen LogP contribution >= 0.6 is 0 Å². The summed E-state index contributed by atoms with van der Waals surface area (Å²) in [4.78, 5) is 4.31. The fraction of sp³-hybridized carbons (Fsp3) is 0.800. The average molecular weight is 213 g/mol. The number of methoxy groups -OCH3 is 1. The zero-order valence-corrected chi connectivity index (χ0v) is 9.78. The highest BCUT2D eigenvalue weighted by Gasteiger charge is 2.30. The molecule has 0 aliphatic rings. The van der Waals surface area contributed by atoms with Gasteiger partial charge in [0.15, 0.2) is 5.82 Å². The van der Waals surface area contributed by atoms with Gasteiger partial charge in [0.2, 0.25) is 5.89 Å². The van der Waals surface area contributed by atoms with Gasteiger partial charge in [-0.2, -0.15) is 4.98 Å². The third kappa shape index (κ3) is 2.35. The van der Waals surface area contributed by atoms with Crippen molar-refractivity contribution in [2.45, 2.75) is 38.7 Å². The fourth-order valence-corrected chi connectivity index (χ4v) is 1.13. The van der Waals surface area contributed by atoms with Crippen LogP contribution in [0.5, 0.6) is 0 Å². The molecule has 1 aromatic heterocycles. The van der Waals surface area contributed by atoms with Crippen LogP contribution in [-0.2, 0) is 10.2 Å². The van der Waals surface area contributed by atoms with E-state index in [1.807, 2.05) is 13.8 Å². The van der Waals surface area contributed by atoms with Gasteiger partial charge in [-0.05, 0) is 20.3 Å². The summed E-state index contributed by atoms with van der Waals surface area (Å²) in [5.41, 5.74) is 5.47. The second-order valence-electron chi connectivity index (χ2n) is 3.95. The van der Waals surface area contributed by atoms with Gasteiger partial charge < -0.3 is 15.0 Å². The number of hydrogen-bond donors (Lipinski definition) is 1. The van der Waals surface area contributed by atoms with Crippen molar-refractivity contribution in [1.29, 1.82) is 0 Å². The molecule has 5 heteroatoms. The highest BCUT2D eigenvalue weighted by atomic mass is 16.5. The summed E-state index contributed by atoms with van der Waals surface area (Å²) in [5.74, 6) is 1.16. The smallest absolute Gasteiger partial charge is 0.233 e. The molecule has 0 radical (unpaired) electrons. The molecule has 1 heterocycles. The molecule has 2 atom stereocenters. The Morgan fingerprint density at radius 3 is 2.73 bits per heavy atom. The van der Waals surface area contributed by atoms with E-state index in [1.165, 1.54) is 0 Å². The van der Waals surface area contributed by atoms with E-state index in [0.29, 0.717) is 18.3 Å². The lowest BCUT2D eigenvalue weighted by molar-refractivity contribution is 0.109. The predicted octanol–water partition coefficient (Wildman–Crippen LogP) is 1.40. The summed E-state index contributed by atoms with van der Waals surface area (Å²) in [6.07, 6.45) is 0.716. The van der Waals surface area contributed by atoms with Crippen LogP contribution in [0, 0.1) is 0 Å². The van der Waals surface area contributed by atoms with E-state index in [1.54, 1.807) is 7.11 Å². The van der Waals surface area contributed by atoms with Gasteiger partial charge in [-0.3, -0.25) is 0 Å². The molecular formula is C10H19N3O2. The minimum atomic E-state index is -0.237. The molecule has 5 nitrogen and oxygen atoms in total. The Kier molecular flexibility index (Phi) is 3.82. The summed E-state index contributed by atoms with van der Waals surface area (Å²) in [6.45, 7) is 6.44. The van der Waals surface area contributed by atoms with Crippen LogP contribution in [-0.4, -0.2) is 23.8 Å². The third-order valence-corrected chi connectivity index (χ3v) is 2.91. The summed E-state index contributed by atoms with van der Waals surface area (Å²) >= 11 is 0. The highest BCUT2D eigenvalue weighted by molar-refractivity contribution is 5.04. The molecule has 15 heavy (non-hydrogen) atoms. The van der Waals surface area contributed by atoms with Crippen molar-refractivity contribution in [3.63, 3.8) is 0 Å². The van der Waals surface area contributed by atoms with E-state index in [0.717, 1.165) is 6.42 Å². The minimum Gasteiger partial charge on any atom is -0.374 e. The molecule has 1 rings (SSSR count). The molecule has 1 aromatic rings. The van der Waals surface area contributed by atoms with Gasteiger partial charge >= 0.3 is 0 Å². The first kappa shape index (κ1) is 12.1. The van der Waals surface area contributed by atoms with Gasteiger partial charge in [0.05, 0.1) is 5.41 Å². The first-order chi connectivity index (χ1) is 7.07. The summed E-state index contributed by atoms with van der Waals surface area (Å²) in [7, 11) is 1.61. The SMILES string of the molecule is CCC(C)(CN)c1nc(C(C)OC)no1. The Morgan fingerprint density at radius 2 is 2.27 bits per heavy atom. The number of rotatable bonds is 5. The minimum absolute atomic E-state index is 0.151. The molecule has 0 aliphatic heterocycles. The third-order valence-electron chi connectivity index (χ3n) is 2.91. The van der Waals surface area contributed by atoms with Crippen LogP contribution in [0.3, 0.4) is 0 Å². The van der Waals surface area contributed by atoms with Crippen molar-refractivity contribution in [3.8, 4) is 0 Å². The van der Waals surface area contributed by atoms with Gasteiger partial charge in [-0.25, -0.2) is 0 Å². The zero-order chi connectivity index (χ0) is 11.5. The van der Waals surface area contributed by atoms with E-state index >= 15 is 0 Å². The Morgan fingerprint density at radius 1 is 1.60 bits per heavy atom. The molecule has 0 fully saturated rings. The van der Waals surface area contributed by atoms with Crippen molar-refractivity contribution in [1.82, 2.24) is 10.1 Å². The molecule has 2 unspecified atom stereocenters. The van der Waals surface area contributed by atoms with E-state index in [9.17, 15) is 0 Å². The molecule has 0 spiro atoms. The number of aromatic nitrogens is 2. The number of ether oxygens (including phenoxy) is 1. The Bertz CT molecular complexity index is 307. The summed E-state index contributed by atoms with van der Waals surface area (Å²) in [6, 6.07) is 0. The molecule has 0 bridgehead atoms. The average Bonchev–Trinajstić information content (AvgIpc) is 2.76. The number of nitrogens with zero attached hydrogens (tertiary/aromatic N) is 2. The standard InChI is InChI=1S/C10H19N3O2/c1-5-10(3,6-11)9-12-8(13-15-9)7(2)14-4/h7H,5-6,11H2,1-4H3. The fourth-order valence-electron chi connectivity index (χ4n) is 1.13. The first-order valence-corrected chi connectivity index (χ1v) is 5.14. The van der Waals surface area contributed by atoms with Crippen molar-refractivity contribution in [3.05, 3.63) is 11.7 Å². The van der Waals surface area contributed by atoms with E-state index in [2.05, 4.69) is 17.1 Å². The van der Waals surface area contributed by atoms with Gasteiger partial charge in [0.1, 0.15) is 6.10 Å². The molecule has 86 valence electrons. The second-order valence-corrected chi connectivity index (χ2v) is 3.95. The Hall–Kier alpha value is -0.940. The maximum Gasteiger partial charge on any atom is 0.233 e. The van der Waals surface area contributed by atoms with Gasteiger partial charge in [-0.15, -0.1) is 0 Å². The molecule has 0 amide bonds. The molecule has 0 aliphatic carbocycles. The topological polar surface area (TPSA) is 74.2 Å². The van der Waals surface area contributed by atoms with E-state index in [4.69, 9.17) is 15.0 Å². The highest BCUT2D eigenvalue weighted by Crippen LogP contribution is 2.25. The van der Waals surface area contributed by atoms with Crippen LogP contribution < -0.4 is 5.73 Å². The predicted molar refractivity (Wildman–Crippen MR) is 56.4 cm³/mol. The number of nitrogens with two attached hydrogens (primary N) is 1. The monoisotopic (exact) mass is 213 g/mol. The maximum absolute atomic E-state index is 5.71. The summed E-state index contributed by atoms with van der Waals surface area (Å²) < 4.78 is 10.3. The van der Waals surface area contributed by atoms with Crippen LogP contribution in [0.2, 0.25) is 0 Å². The first-order valence-electron chi connectivity index (χ1n) is 5.14. The van der Waals surface area contributed by atoms with Gasteiger partial charge in [0, 0.05) is 13.7 Å². The maximum atomic E-state index is 5.71. The van der Waals surface area contributed by atoms with Crippen molar-refractivity contribution in [2.24, 2.45) is 5.73 Å². The van der Waals surface area contributed by atoms with Crippen LogP contribution in [0.25, 0.3) is 0 Å². The quantitative estimate of drug-likeness (QED) is 0.800. The van der Waals surface area contributed by atoms with Crippen molar-refractivity contribution in [2.75, 3.05) is 13.7 Å². The molecule has 2 N–H and O–H groups in total.